The molecule has 2 amide bonds. The van der Waals surface area contributed by atoms with E-state index in [0.717, 1.165) is 12.5 Å². The van der Waals surface area contributed by atoms with Gasteiger partial charge in [0.2, 0.25) is 0 Å². The van der Waals surface area contributed by atoms with Crippen molar-refractivity contribution in [2.45, 2.75) is 20.3 Å². The zero-order chi connectivity index (χ0) is 23.8. The number of halogens is 2. The lowest BCUT2D eigenvalue weighted by Crippen LogP contribution is -2.18. The van der Waals surface area contributed by atoms with E-state index in [1.807, 2.05) is 6.92 Å². The molecular weight excluding hydrogens is 449 g/mol. The summed E-state index contributed by atoms with van der Waals surface area (Å²) in [6, 6.07) is 11.5. The Hall–Kier alpha value is -3.65. The van der Waals surface area contributed by atoms with Gasteiger partial charge >= 0.3 is 0 Å². The highest BCUT2D eigenvalue weighted by Gasteiger charge is 2.18. The molecule has 3 rings (SSSR count). The molecule has 7 nitrogen and oxygen atoms in total. The van der Waals surface area contributed by atoms with E-state index in [4.69, 9.17) is 21.1 Å². The number of carbonyl (C=O) groups is 2. The number of rotatable bonds is 9. The minimum atomic E-state index is -0.586. The zero-order valence-electron chi connectivity index (χ0n) is 18.2. The van der Waals surface area contributed by atoms with E-state index in [1.165, 1.54) is 36.5 Å². The summed E-state index contributed by atoms with van der Waals surface area (Å²) in [5.74, 6) is -0.981. The molecule has 0 aliphatic rings. The van der Waals surface area contributed by atoms with Crippen molar-refractivity contribution in [3.05, 3.63) is 76.8 Å². The highest BCUT2D eigenvalue weighted by molar-refractivity contribution is 6.32. The molecule has 1 heterocycles. The minimum absolute atomic E-state index is 0.0738. The average molecular weight is 472 g/mol. The van der Waals surface area contributed by atoms with Gasteiger partial charge in [0.1, 0.15) is 11.5 Å². The SMILES string of the molecule is CCCOc1c(Cl)cc(C(=O)Nc2cc(F)ccc2NC(=O)c2ccccn2)cc1OCC. The van der Waals surface area contributed by atoms with Crippen LogP contribution in [0.2, 0.25) is 5.02 Å². The molecule has 0 atom stereocenters. The van der Waals surface area contributed by atoms with Gasteiger partial charge in [-0.25, -0.2) is 4.39 Å². The maximum Gasteiger partial charge on any atom is 0.274 e. The number of amides is 2. The largest absolute Gasteiger partial charge is 0.490 e. The Bertz CT molecular complexity index is 1140. The smallest absolute Gasteiger partial charge is 0.274 e. The van der Waals surface area contributed by atoms with Crippen LogP contribution in [-0.2, 0) is 0 Å². The first kappa shape index (κ1) is 24.0. The first-order chi connectivity index (χ1) is 15.9. The van der Waals surface area contributed by atoms with Gasteiger partial charge in [0.25, 0.3) is 11.8 Å². The van der Waals surface area contributed by atoms with Crippen molar-refractivity contribution in [1.29, 1.82) is 0 Å². The van der Waals surface area contributed by atoms with Crippen LogP contribution in [0.4, 0.5) is 15.8 Å². The number of nitrogens with one attached hydrogen (secondary N) is 2. The quantitative estimate of drug-likeness (QED) is 0.426. The van der Waals surface area contributed by atoms with E-state index in [9.17, 15) is 14.0 Å². The maximum atomic E-state index is 13.9. The number of anilines is 2. The van der Waals surface area contributed by atoms with Gasteiger partial charge in [-0.05, 0) is 55.8 Å². The van der Waals surface area contributed by atoms with E-state index in [0.29, 0.717) is 24.7 Å². The highest BCUT2D eigenvalue weighted by Crippen LogP contribution is 2.37. The molecule has 0 fully saturated rings. The molecule has 0 aliphatic heterocycles. The lowest BCUT2D eigenvalue weighted by molar-refractivity contribution is 0.101. The van der Waals surface area contributed by atoms with Crippen molar-refractivity contribution in [3.8, 4) is 11.5 Å². The van der Waals surface area contributed by atoms with Gasteiger partial charge in [0, 0.05) is 11.8 Å². The number of nitrogens with zero attached hydrogens (tertiary/aromatic N) is 1. The summed E-state index contributed by atoms with van der Waals surface area (Å²) in [4.78, 5) is 29.4. The normalized spacial score (nSPS) is 10.4. The number of pyridine rings is 1. The molecule has 2 N–H and O–H groups in total. The van der Waals surface area contributed by atoms with E-state index in [-0.39, 0.29) is 27.7 Å². The van der Waals surface area contributed by atoms with Crippen LogP contribution in [0.5, 0.6) is 11.5 Å². The van der Waals surface area contributed by atoms with Crippen LogP contribution in [-0.4, -0.2) is 30.0 Å². The van der Waals surface area contributed by atoms with Gasteiger partial charge in [-0.15, -0.1) is 0 Å². The van der Waals surface area contributed by atoms with E-state index >= 15 is 0 Å². The van der Waals surface area contributed by atoms with Crippen molar-refractivity contribution < 1.29 is 23.5 Å². The van der Waals surface area contributed by atoms with Crippen LogP contribution in [0.15, 0.2) is 54.7 Å². The Labute approximate surface area is 195 Å². The van der Waals surface area contributed by atoms with Gasteiger partial charge in [-0.3, -0.25) is 14.6 Å². The lowest BCUT2D eigenvalue weighted by atomic mass is 10.1. The monoisotopic (exact) mass is 471 g/mol. The summed E-state index contributed by atoms with van der Waals surface area (Å²) in [6.07, 6.45) is 2.26. The molecule has 33 heavy (non-hydrogen) atoms. The Kier molecular flexibility index (Phi) is 8.21. The van der Waals surface area contributed by atoms with Gasteiger partial charge < -0.3 is 20.1 Å². The van der Waals surface area contributed by atoms with Gasteiger partial charge in [0.05, 0.1) is 29.6 Å². The summed E-state index contributed by atoms with van der Waals surface area (Å²) >= 11 is 6.34. The van der Waals surface area contributed by atoms with Crippen LogP contribution in [0.3, 0.4) is 0 Å². The van der Waals surface area contributed by atoms with Crippen molar-refractivity contribution >= 4 is 34.8 Å². The summed E-state index contributed by atoms with van der Waals surface area (Å²) in [7, 11) is 0. The molecule has 0 spiro atoms. The number of hydrogen-bond acceptors (Lipinski definition) is 5. The summed E-state index contributed by atoms with van der Waals surface area (Å²) < 4.78 is 25.2. The molecule has 0 radical (unpaired) electrons. The maximum absolute atomic E-state index is 13.9. The number of aromatic nitrogens is 1. The third kappa shape index (κ3) is 6.20. The molecule has 2 aromatic carbocycles. The molecule has 0 unspecified atom stereocenters. The summed E-state index contributed by atoms with van der Waals surface area (Å²) in [5.41, 5.74) is 0.637. The van der Waals surface area contributed by atoms with Crippen LogP contribution in [0, 0.1) is 5.82 Å². The van der Waals surface area contributed by atoms with Crippen molar-refractivity contribution in [3.63, 3.8) is 0 Å². The van der Waals surface area contributed by atoms with Crippen molar-refractivity contribution in [2.24, 2.45) is 0 Å². The second-order valence-electron chi connectivity index (χ2n) is 6.88. The molecule has 9 heteroatoms. The Morgan fingerprint density at radius 1 is 1.00 bits per heavy atom. The van der Waals surface area contributed by atoms with E-state index in [1.54, 1.807) is 19.1 Å². The molecule has 0 aliphatic carbocycles. The van der Waals surface area contributed by atoms with Crippen LogP contribution in [0.1, 0.15) is 41.1 Å². The van der Waals surface area contributed by atoms with Gasteiger partial charge in [-0.2, -0.15) is 0 Å². The second kappa shape index (κ2) is 11.3. The third-order valence-corrected chi connectivity index (χ3v) is 4.68. The summed E-state index contributed by atoms with van der Waals surface area (Å²) in [6.45, 7) is 4.54. The predicted octanol–water partition coefficient (Wildman–Crippen LogP) is 5.57. The van der Waals surface area contributed by atoms with Crippen LogP contribution >= 0.6 is 11.6 Å². The number of benzene rings is 2. The predicted molar refractivity (Wildman–Crippen MR) is 125 cm³/mol. The first-order valence-corrected chi connectivity index (χ1v) is 10.7. The number of carbonyl (C=O) groups excluding carboxylic acids is 2. The topological polar surface area (TPSA) is 89.6 Å². The standard InChI is InChI=1S/C24H23ClFN3O4/c1-3-11-33-22-17(25)12-15(13-21(22)32-4-2)23(30)29-20-14-16(26)8-9-18(20)28-24(31)19-7-5-6-10-27-19/h5-10,12-14H,3-4,11H2,1-2H3,(H,28,31)(H,29,30). The number of ether oxygens (including phenoxy) is 2. The highest BCUT2D eigenvalue weighted by atomic mass is 35.5. The lowest BCUT2D eigenvalue weighted by Gasteiger charge is -2.16. The Morgan fingerprint density at radius 3 is 2.48 bits per heavy atom. The average Bonchev–Trinajstić information content (AvgIpc) is 2.81. The van der Waals surface area contributed by atoms with E-state index < -0.39 is 17.6 Å². The van der Waals surface area contributed by atoms with Gasteiger partial charge in [0.15, 0.2) is 11.5 Å². The number of hydrogen-bond donors (Lipinski definition) is 2. The van der Waals surface area contributed by atoms with Crippen molar-refractivity contribution in [2.75, 3.05) is 23.8 Å². The molecule has 3 aromatic rings. The van der Waals surface area contributed by atoms with Crippen LogP contribution < -0.4 is 20.1 Å². The fourth-order valence-corrected chi connectivity index (χ4v) is 3.18. The fourth-order valence-electron chi connectivity index (χ4n) is 2.91. The molecule has 0 saturated carbocycles. The van der Waals surface area contributed by atoms with E-state index in [2.05, 4.69) is 15.6 Å². The molecule has 172 valence electrons. The Morgan fingerprint density at radius 2 is 1.79 bits per heavy atom. The Balaban J connectivity index is 1.86. The van der Waals surface area contributed by atoms with Crippen LogP contribution in [0.25, 0.3) is 0 Å². The summed E-state index contributed by atoms with van der Waals surface area (Å²) in [5, 5.41) is 5.46. The fraction of sp³-hybridized carbons (Fsp3) is 0.208. The van der Waals surface area contributed by atoms with Crippen molar-refractivity contribution in [1.82, 2.24) is 4.98 Å². The molecule has 1 aromatic heterocycles. The molecule has 0 bridgehead atoms. The van der Waals surface area contributed by atoms with Gasteiger partial charge in [-0.1, -0.05) is 24.6 Å². The minimum Gasteiger partial charge on any atom is -0.490 e. The zero-order valence-corrected chi connectivity index (χ0v) is 18.9. The third-order valence-electron chi connectivity index (χ3n) is 4.40. The molecule has 0 saturated heterocycles. The molecular formula is C24H23ClFN3O4. The second-order valence-corrected chi connectivity index (χ2v) is 7.29. The first-order valence-electron chi connectivity index (χ1n) is 10.3.